The van der Waals surface area contributed by atoms with Gasteiger partial charge in [-0.05, 0) is 32.4 Å². The maximum Gasteiger partial charge on any atom is 0.188 e. The first-order valence-corrected chi connectivity index (χ1v) is 8.93. The molecule has 0 saturated carbocycles. The van der Waals surface area contributed by atoms with E-state index in [0.717, 1.165) is 50.4 Å². The van der Waals surface area contributed by atoms with Crippen molar-refractivity contribution in [2.45, 2.75) is 36.3 Å². The maximum absolute atomic E-state index is 11.7. The van der Waals surface area contributed by atoms with Crippen LogP contribution in [-0.4, -0.2) is 48.8 Å². The van der Waals surface area contributed by atoms with Crippen LogP contribution in [0.4, 0.5) is 0 Å². The predicted molar refractivity (Wildman–Crippen MR) is 71.7 cm³/mol. The van der Waals surface area contributed by atoms with E-state index in [1.165, 1.54) is 6.26 Å². The van der Waals surface area contributed by atoms with Crippen molar-refractivity contribution >= 4 is 21.4 Å². The van der Waals surface area contributed by atoms with Crippen LogP contribution in [-0.2, 0) is 9.84 Å². The highest BCUT2D eigenvalue weighted by atomic mass is 32.2. The van der Waals surface area contributed by atoms with Gasteiger partial charge >= 0.3 is 0 Å². The second-order valence-electron chi connectivity index (χ2n) is 4.86. The molecule has 0 aliphatic carbocycles. The van der Waals surface area contributed by atoms with E-state index in [1.807, 2.05) is 0 Å². The van der Waals surface area contributed by atoms with Crippen LogP contribution in [0, 0.1) is 0 Å². The molecule has 1 aromatic heterocycles. The van der Waals surface area contributed by atoms with E-state index in [9.17, 15) is 8.42 Å². The van der Waals surface area contributed by atoms with Crippen LogP contribution in [0.2, 0.25) is 0 Å². The average Bonchev–Trinajstić information content (AvgIpc) is 2.78. The van der Waals surface area contributed by atoms with Gasteiger partial charge in [0.25, 0.3) is 0 Å². The monoisotopic (exact) mass is 289 g/mol. The van der Waals surface area contributed by atoms with Gasteiger partial charge in [-0.15, -0.1) is 5.10 Å². The van der Waals surface area contributed by atoms with Crippen molar-refractivity contribution < 1.29 is 8.42 Å². The fraction of sp³-hybridized carbons (Fsp3) is 0.818. The first kappa shape index (κ1) is 13.9. The Labute approximate surface area is 112 Å². The molecule has 0 bridgehead atoms. The third-order valence-electron chi connectivity index (χ3n) is 3.25. The van der Waals surface area contributed by atoms with Gasteiger partial charge in [0, 0.05) is 30.3 Å². The van der Waals surface area contributed by atoms with E-state index >= 15 is 0 Å². The van der Waals surface area contributed by atoms with Crippen LogP contribution in [0.3, 0.4) is 0 Å². The summed E-state index contributed by atoms with van der Waals surface area (Å²) in [5.74, 6) is 0.216. The van der Waals surface area contributed by atoms with Gasteiger partial charge in [0.05, 0.1) is 5.69 Å². The van der Waals surface area contributed by atoms with Crippen molar-refractivity contribution in [1.82, 2.24) is 14.5 Å². The number of aromatic nitrogens is 2. The summed E-state index contributed by atoms with van der Waals surface area (Å²) >= 11 is 0.997. The van der Waals surface area contributed by atoms with E-state index in [4.69, 9.17) is 0 Å². The third kappa shape index (κ3) is 3.07. The molecule has 0 radical (unpaired) electrons. The molecular formula is C11H19N3O2S2. The van der Waals surface area contributed by atoms with Crippen molar-refractivity contribution in [2.75, 3.05) is 25.9 Å². The van der Waals surface area contributed by atoms with Gasteiger partial charge in [-0.3, -0.25) is 0 Å². The quantitative estimate of drug-likeness (QED) is 0.841. The van der Waals surface area contributed by atoms with Gasteiger partial charge in [0.15, 0.2) is 14.0 Å². The fourth-order valence-corrected chi connectivity index (χ4v) is 4.23. The van der Waals surface area contributed by atoms with Crippen molar-refractivity contribution in [3.8, 4) is 0 Å². The largest absolute Gasteiger partial charge is 0.303 e. The molecule has 1 fully saturated rings. The molecule has 2 rings (SSSR count). The summed E-state index contributed by atoms with van der Waals surface area (Å²) in [5, 5.41) is 4.06. The summed E-state index contributed by atoms with van der Waals surface area (Å²) in [6.45, 7) is 5.25. The Balaban J connectivity index is 2.19. The molecule has 5 nitrogen and oxygen atoms in total. The molecule has 1 unspecified atom stereocenters. The van der Waals surface area contributed by atoms with E-state index in [1.54, 1.807) is 0 Å². The number of nitrogens with zero attached hydrogens (tertiary/aromatic N) is 3. The number of likely N-dealkylation sites (tertiary alicyclic amines) is 1. The molecule has 1 atom stereocenters. The minimum atomic E-state index is -3.19. The SMILES string of the molecule is CCCN1CCCC(c2nnsc2S(C)(=O)=O)C1. The molecule has 18 heavy (non-hydrogen) atoms. The normalized spacial score (nSPS) is 22.2. The van der Waals surface area contributed by atoms with E-state index in [-0.39, 0.29) is 5.92 Å². The van der Waals surface area contributed by atoms with Crippen molar-refractivity contribution in [3.05, 3.63) is 5.69 Å². The highest BCUT2D eigenvalue weighted by Crippen LogP contribution is 2.31. The zero-order valence-corrected chi connectivity index (χ0v) is 12.4. The molecule has 1 aliphatic rings. The first-order valence-electron chi connectivity index (χ1n) is 6.27. The van der Waals surface area contributed by atoms with Gasteiger partial charge in [0.2, 0.25) is 0 Å². The summed E-state index contributed by atoms with van der Waals surface area (Å²) in [6, 6.07) is 0. The second-order valence-corrected chi connectivity index (χ2v) is 7.82. The summed E-state index contributed by atoms with van der Waals surface area (Å²) in [5.41, 5.74) is 0.684. The Kier molecular flexibility index (Phi) is 4.34. The number of rotatable bonds is 4. The molecule has 102 valence electrons. The van der Waals surface area contributed by atoms with Crippen LogP contribution in [0.1, 0.15) is 37.8 Å². The molecule has 1 aromatic rings. The molecule has 0 N–H and O–H groups in total. The van der Waals surface area contributed by atoms with Crippen LogP contribution >= 0.6 is 11.5 Å². The highest BCUT2D eigenvalue weighted by molar-refractivity contribution is 7.92. The Bertz CT molecular complexity index is 496. The lowest BCUT2D eigenvalue weighted by Gasteiger charge is -2.31. The lowest BCUT2D eigenvalue weighted by molar-refractivity contribution is 0.205. The third-order valence-corrected chi connectivity index (χ3v) is 5.80. The van der Waals surface area contributed by atoms with Crippen LogP contribution < -0.4 is 0 Å². The second kappa shape index (κ2) is 5.63. The van der Waals surface area contributed by atoms with Gasteiger partial charge in [-0.2, -0.15) is 0 Å². The van der Waals surface area contributed by atoms with Crippen LogP contribution in [0.15, 0.2) is 4.21 Å². The number of piperidine rings is 1. The highest BCUT2D eigenvalue weighted by Gasteiger charge is 2.28. The molecule has 0 aromatic carbocycles. The molecular weight excluding hydrogens is 270 g/mol. The standard InChI is InChI=1S/C11H19N3O2S2/c1-3-6-14-7-4-5-9(8-14)10-11(17-13-12-10)18(2,15)16/h9H,3-8H2,1-2H3. The Morgan fingerprint density at radius 2 is 2.28 bits per heavy atom. The molecule has 1 saturated heterocycles. The average molecular weight is 289 g/mol. The van der Waals surface area contributed by atoms with Gasteiger partial charge < -0.3 is 4.90 Å². The summed E-state index contributed by atoms with van der Waals surface area (Å²) in [4.78, 5) is 2.39. The minimum absolute atomic E-state index is 0.216. The van der Waals surface area contributed by atoms with Crippen molar-refractivity contribution in [1.29, 1.82) is 0 Å². The Morgan fingerprint density at radius 1 is 1.50 bits per heavy atom. The summed E-state index contributed by atoms with van der Waals surface area (Å²) in [6.07, 6.45) is 4.47. The number of sulfone groups is 1. The number of hydrogen-bond acceptors (Lipinski definition) is 6. The van der Waals surface area contributed by atoms with Crippen LogP contribution in [0.25, 0.3) is 0 Å². The first-order chi connectivity index (χ1) is 8.52. The lowest BCUT2D eigenvalue weighted by atomic mass is 9.95. The molecule has 2 heterocycles. The summed E-state index contributed by atoms with van der Waals surface area (Å²) in [7, 11) is -3.19. The van der Waals surface area contributed by atoms with Crippen molar-refractivity contribution in [2.24, 2.45) is 0 Å². The van der Waals surface area contributed by atoms with Crippen molar-refractivity contribution in [3.63, 3.8) is 0 Å². The number of hydrogen-bond donors (Lipinski definition) is 0. The minimum Gasteiger partial charge on any atom is -0.303 e. The Hall–Kier alpha value is -0.530. The molecule has 7 heteroatoms. The molecule has 0 amide bonds. The van der Waals surface area contributed by atoms with Crippen LogP contribution in [0.5, 0.6) is 0 Å². The van der Waals surface area contributed by atoms with E-state index < -0.39 is 9.84 Å². The smallest absolute Gasteiger partial charge is 0.188 e. The van der Waals surface area contributed by atoms with E-state index in [2.05, 4.69) is 21.4 Å². The summed E-state index contributed by atoms with van der Waals surface area (Å²) < 4.78 is 27.5. The zero-order valence-electron chi connectivity index (χ0n) is 10.8. The van der Waals surface area contributed by atoms with Gasteiger partial charge in [-0.25, -0.2) is 8.42 Å². The maximum atomic E-state index is 11.7. The topological polar surface area (TPSA) is 63.2 Å². The van der Waals surface area contributed by atoms with E-state index in [0.29, 0.717) is 9.90 Å². The molecule has 0 spiro atoms. The van der Waals surface area contributed by atoms with Gasteiger partial charge in [-0.1, -0.05) is 11.4 Å². The Morgan fingerprint density at radius 3 is 2.94 bits per heavy atom. The fourth-order valence-electron chi connectivity index (χ4n) is 2.49. The zero-order chi connectivity index (χ0) is 13.2. The predicted octanol–water partition coefficient (Wildman–Crippen LogP) is 1.53. The van der Waals surface area contributed by atoms with Gasteiger partial charge in [0.1, 0.15) is 0 Å². The molecule has 1 aliphatic heterocycles. The lowest BCUT2D eigenvalue weighted by Crippen LogP contribution is -2.35.